The smallest absolute Gasteiger partial charge is 0.270 e. The van der Waals surface area contributed by atoms with Crippen LogP contribution in [0.3, 0.4) is 0 Å². The number of amides is 1. The van der Waals surface area contributed by atoms with Crippen molar-refractivity contribution in [2.75, 3.05) is 7.11 Å². The van der Waals surface area contributed by atoms with E-state index in [0.29, 0.717) is 5.69 Å². The number of para-hydroxylation sites is 2. The maximum atomic E-state index is 13.3. The van der Waals surface area contributed by atoms with E-state index in [0.717, 1.165) is 57.8 Å². The summed E-state index contributed by atoms with van der Waals surface area (Å²) in [6, 6.07) is 13.6. The second-order valence-electron chi connectivity index (χ2n) is 8.25. The van der Waals surface area contributed by atoms with Gasteiger partial charge >= 0.3 is 0 Å². The minimum absolute atomic E-state index is 0.160. The lowest BCUT2D eigenvalue weighted by Crippen LogP contribution is -2.33. The van der Waals surface area contributed by atoms with Crippen molar-refractivity contribution in [2.45, 2.75) is 32.7 Å². The fourth-order valence-corrected chi connectivity index (χ4v) is 4.39. The molecule has 0 fully saturated rings. The van der Waals surface area contributed by atoms with Gasteiger partial charge in [0.1, 0.15) is 17.3 Å². The largest absolute Gasteiger partial charge is 0.496 e. The Balaban J connectivity index is 1.46. The van der Waals surface area contributed by atoms with Gasteiger partial charge in [0.25, 0.3) is 5.91 Å². The number of aromatic amines is 2. The number of rotatable bonds is 5. The molecule has 3 N–H and O–H groups in total. The molecule has 158 valence electrons. The average Bonchev–Trinajstić information content (AvgIpc) is 3.40. The van der Waals surface area contributed by atoms with Crippen LogP contribution in [-0.4, -0.2) is 33.2 Å². The maximum Gasteiger partial charge on any atom is 0.270 e. The molecule has 0 unspecified atom stereocenters. The zero-order valence-corrected chi connectivity index (χ0v) is 17.8. The fourth-order valence-electron chi connectivity index (χ4n) is 4.39. The second-order valence-corrected chi connectivity index (χ2v) is 8.25. The van der Waals surface area contributed by atoms with Crippen LogP contribution in [0.1, 0.15) is 47.3 Å². The lowest BCUT2D eigenvalue weighted by molar-refractivity contribution is 0.0917. The van der Waals surface area contributed by atoms with Crippen LogP contribution >= 0.6 is 0 Å². The molecule has 0 saturated heterocycles. The van der Waals surface area contributed by atoms with Gasteiger partial charge in [0.15, 0.2) is 0 Å². The van der Waals surface area contributed by atoms with E-state index >= 15 is 0 Å². The van der Waals surface area contributed by atoms with Gasteiger partial charge in [-0.25, -0.2) is 4.98 Å². The summed E-state index contributed by atoms with van der Waals surface area (Å²) in [5, 5.41) is 10.6. The van der Waals surface area contributed by atoms with E-state index in [1.54, 1.807) is 7.11 Å². The highest BCUT2D eigenvalue weighted by Gasteiger charge is 2.29. The molecule has 5 rings (SSSR count). The van der Waals surface area contributed by atoms with E-state index in [-0.39, 0.29) is 17.9 Å². The average molecular weight is 415 g/mol. The predicted molar refractivity (Wildman–Crippen MR) is 119 cm³/mol. The molecule has 1 amide bonds. The van der Waals surface area contributed by atoms with Crippen LogP contribution in [0.4, 0.5) is 0 Å². The van der Waals surface area contributed by atoms with Crippen LogP contribution in [-0.2, 0) is 12.8 Å². The summed E-state index contributed by atoms with van der Waals surface area (Å²) in [5.41, 5.74) is 6.31. The predicted octanol–water partition coefficient (Wildman–Crippen LogP) is 4.19. The van der Waals surface area contributed by atoms with Gasteiger partial charge in [-0.1, -0.05) is 38.1 Å². The molecule has 7 heteroatoms. The third-order valence-corrected chi connectivity index (χ3v) is 5.98. The van der Waals surface area contributed by atoms with Crippen LogP contribution in [0.15, 0.2) is 42.5 Å². The van der Waals surface area contributed by atoms with Gasteiger partial charge < -0.3 is 15.0 Å². The summed E-state index contributed by atoms with van der Waals surface area (Å²) in [6.07, 6.45) is 1.54. The number of nitrogens with zero attached hydrogens (tertiary/aromatic N) is 2. The highest BCUT2D eigenvalue weighted by molar-refractivity contribution is 5.96. The van der Waals surface area contributed by atoms with Crippen molar-refractivity contribution in [3.05, 3.63) is 65.1 Å². The number of hydrogen-bond acceptors (Lipinski definition) is 4. The standard InChI is InChI=1S/C24H25N5O2/c1-13(2)20(23-25-17-8-4-5-9-18(17)26-23)27-24(30)22-16-12-11-14-15(21(16)28-29-22)7-6-10-19(14)31-3/h4-10,13,20H,11-12H2,1-3H3,(H,25,26)(H,27,30)(H,28,29)/t20-/m1/s1. The minimum atomic E-state index is -0.241. The lowest BCUT2D eigenvalue weighted by atomic mass is 9.88. The SMILES string of the molecule is COc1cccc2c1CCc1c-2n[nH]c1C(=O)N[C@@H](c1nc2ccccc2[nH]1)C(C)C. The zero-order chi connectivity index (χ0) is 21.5. The molecule has 1 aliphatic carbocycles. The fraction of sp³-hybridized carbons (Fsp3) is 0.292. The summed E-state index contributed by atoms with van der Waals surface area (Å²) in [5.74, 6) is 1.61. The van der Waals surface area contributed by atoms with Gasteiger partial charge in [-0.15, -0.1) is 0 Å². The second kappa shape index (κ2) is 7.58. The molecule has 2 aromatic carbocycles. The summed E-state index contributed by atoms with van der Waals surface area (Å²) < 4.78 is 5.51. The van der Waals surface area contributed by atoms with Crippen molar-refractivity contribution in [3.63, 3.8) is 0 Å². The molecule has 0 bridgehead atoms. The topological polar surface area (TPSA) is 95.7 Å². The van der Waals surface area contributed by atoms with E-state index in [9.17, 15) is 4.79 Å². The maximum absolute atomic E-state index is 13.3. The van der Waals surface area contributed by atoms with Crippen molar-refractivity contribution >= 4 is 16.9 Å². The normalized spacial score (nSPS) is 13.7. The van der Waals surface area contributed by atoms with E-state index < -0.39 is 0 Å². The van der Waals surface area contributed by atoms with Crippen LogP contribution in [0.25, 0.3) is 22.3 Å². The molecular weight excluding hydrogens is 390 g/mol. The van der Waals surface area contributed by atoms with E-state index in [4.69, 9.17) is 9.72 Å². The first kappa shape index (κ1) is 19.4. The summed E-state index contributed by atoms with van der Waals surface area (Å²) in [7, 11) is 1.68. The third kappa shape index (κ3) is 3.26. The van der Waals surface area contributed by atoms with Crippen LogP contribution in [0.2, 0.25) is 0 Å². The number of carbonyl (C=O) groups excluding carboxylic acids is 1. The Morgan fingerprint density at radius 1 is 1.10 bits per heavy atom. The molecule has 2 heterocycles. The molecule has 0 spiro atoms. The Bertz CT molecular complexity index is 1240. The molecule has 0 saturated carbocycles. The van der Waals surface area contributed by atoms with Crippen LogP contribution < -0.4 is 10.1 Å². The Kier molecular flexibility index (Phi) is 4.73. The highest BCUT2D eigenvalue weighted by atomic mass is 16.5. The Morgan fingerprint density at radius 2 is 1.90 bits per heavy atom. The number of aromatic nitrogens is 4. The number of ether oxygens (including phenoxy) is 1. The molecule has 0 radical (unpaired) electrons. The number of methoxy groups -OCH3 is 1. The molecule has 1 aliphatic rings. The van der Waals surface area contributed by atoms with Crippen molar-refractivity contribution in [3.8, 4) is 17.0 Å². The summed E-state index contributed by atoms with van der Waals surface area (Å²) >= 11 is 0. The molecule has 31 heavy (non-hydrogen) atoms. The minimum Gasteiger partial charge on any atom is -0.496 e. The summed E-state index contributed by atoms with van der Waals surface area (Å²) in [6.45, 7) is 4.15. The van der Waals surface area contributed by atoms with Crippen molar-refractivity contribution in [1.82, 2.24) is 25.5 Å². The molecule has 2 aromatic heterocycles. The first-order chi connectivity index (χ1) is 15.1. The number of H-pyrrole nitrogens is 2. The van der Waals surface area contributed by atoms with Gasteiger partial charge in [0.05, 0.1) is 29.9 Å². The molecule has 0 aliphatic heterocycles. The number of hydrogen-bond donors (Lipinski definition) is 3. The molecule has 7 nitrogen and oxygen atoms in total. The molecule has 4 aromatic rings. The van der Waals surface area contributed by atoms with Gasteiger partial charge in [0.2, 0.25) is 0 Å². The third-order valence-electron chi connectivity index (χ3n) is 5.98. The Labute approximate surface area is 180 Å². The van der Waals surface area contributed by atoms with Gasteiger partial charge in [-0.2, -0.15) is 5.10 Å². The van der Waals surface area contributed by atoms with Gasteiger partial charge in [-0.05, 0) is 37.0 Å². The Morgan fingerprint density at radius 3 is 2.68 bits per heavy atom. The molecule has 1 atom stereocenters. The van der Waals surface area contributed by atoms with Crippen molar-refractivity contribution < 1.29 is 9.53 Å². The summed E-state index contributed by atoms with van der Waals surface area (Å²) in [4.78, 5) is 21.3. The van der Waals surface area contributed by atoms with Gasteiger partial charge in [-0.3, -0.25) is 9.89 Å². The quantitative estimate of drug-likeness (QED) is 0.455. The number of carbonyl (C=O) groups is 1. The first-order valence-electron chi connectivity index (χ1n) is 10.6. The number of fused-ring (bicyclic) bond motifs is 4. The number of benzene rings is 2. The first-order valence-corrected chi connectivity index (χ1v) is 10.6. The van der Waals surface area contributed by atoms with E-state index in [2.05, 4.69) is 34.3 Å². The highest BCUT2D eigenvalue weighted by Crippen LogP contribution is 2.38. The van der Waals surface area contributed by atoms with Crippen molar-refractivity contribution in [2.24, 2.45) is 5.92 Å². The zero-order valence-electron chi connectivity index (χ0n) is 17.8. The van der Waals surface area contributed by atoms with Gasteiger partial charge in [0, 0.05) is 16.7 Å². The monoisotopic (exact) mass is 415 g/mol. The van der Waals surface area contributed by atoms with Crippen molar-refractivity contribution in [1.29, 1.82) is 0 Å². The molecular formula is C24H25N5O2. The number of nitrogens with one attached hydrogen (secondary N) is 3. The van der Waals surface area contributed by atoms with Crippen LogP contribution in [0.5, 0.6) is 5.75 Å². The number of imidazole rings is 1. The lowest BCUT2D eigenvalue weighted by Gasteiger charge is -2.21. The van der Waals surface area contributed by atoms with E-state index in [1.165, 1.54) is 0 Å². The van der Waals surface area contributed by atoms with Crippen LogP contribution in [0, 0.1) is 5.92 Å². The Hall–Kier alpha value is -3.61. The van der Waals surface area contributed by atoms with E-state index in [1.807, 2.05) is 42.5 Å².